The van der Waals surface area contributed by atoms with Gasteiger partial charge in [0.15, 0.2) is 0 Å². The fourth-order valence-electron chi connectivity index (χ4n) is 2.15. The minimum Gasteiger partial charge on any atom is -0.376 e. The standard InChI is InChI=1S/C17H19BrN2O/c1-13(2)20(16-6-4-3-5-7-16)17(21)12-19-15-10-8-14(18)9-11-15/h3-11,13,19H,12H2,1-2H3. The summed E-state index contributed by atoms with van der Waals surface area (Å²) in [5, 5.41) is 3.16. The lowest BCUT2D eigenvalue weighted by Crippen LogP contribution is -2.40. The van der Waals surface area contributed by atoms with Crippen molar-refractivity contribution in [2.24, 2.45) is 0 Å². The minimum atomic E-state index is 0.0547. The molecule has 0 radical (unpaired) electrons. The van der Waals surface area contributed by atoms with Gasteiger partial charge in [0.05, 0.1) is 6.54 Å². The summed E-state index contributed by atoms with van der Waals surface area (Å²) < 4.78 is 1.02. The molecule has 0 saturated carbocycles. The van der Waals surface area contributed by atoms with E-state index in [9.17, 15) is 4.79 Å². The molecule has 0 aliphatic carbocycles. The van der Waals surface area contributed by atoms with Crippen molar-refractivity contribution in [1.82, 2.24) is 0 Å². The molecule has 110 valence electrons. The monoisotopic (exact) mass is 346 g/mol. The summed E-state index contributed by atoms with van der Waals surface area (Å²) in [7, 11) is 0. The second kappa shape index (κ2) is 7.27. The lowest BCUT2D eigenvalue weighted by molar-refractivity contribution is -0.117. The van der Waals surface area contributed by atoms with Crippen molar-refractivity contribution in [1.29, 1.82) is 0 Å². The quantitative estimate of drug-likeness (QED) is 0.875. The van der Waals surface area contributed by atoms with Crippen LogP contribution in [-0.4, -0.2) is 18.5 Å². The van der Waals surface area contributed by atoms with Crippen LogP contribution in [-0.2, 0) is 4.79 Å². The molecule has 2 aromatic rings. The van der Waals surface area contributed by atoms with Gasteiger partial charge < -0.3 is 10.2 Å². The topological polar surface area (TPSA) is 32.3 Å². The van der Waals surface area contributed by atoms with E-state index in [2.05, 4.69) is 21.2 Å². The van der Waals surface area contributed by atoms with Crippen molar-refractivity contribution in [3.63, 3.8) is 0 Å². The first-order valence-corrected chi connectivity index (χ1v) is 7.74. The highest BCUT2D eigenvalue weighted by Crippen LogP contribution is 2.18. The molecular formula is C17H19BrN2O. The first-order valence-electron chi connectivity index (χ1n) is 6.94. The van der Waals surface area contributed by atoms with Crippen LogP contribution in [0.25, 0.3) is 0 Å². The largest absolute Gasteiger partial charge is 0.376 e. The maximum absolute atomic E-state index is 12.5. The SMILES string of the molecule is CC(C)N(C(=O)CNc1ccc(Br)cc1)c1ccccc1. The smallest absolute Gasteiger partial charge is 0.246 e. The number of para-hydroxylation sites is 1. The first kappa shape index (κ1) is 15.6. The summed E-state index contributed by atoms with van der Waals surface area (Å²) in [4.78, 5) is 14.3. The highest BCUT2D eigenvalue weighted by molar-refractivity contribution is 9.10. The van der Waals surface area contributed by atoms with Crippen LogP contribution in [0.2, 0.25) is 0 Å². The summed E-state index contributed by atoms with van der Waals surface area (Å²) in [5.74, 6) is 0.0547. The van der Waals surface area contributed by atoms with Gasteiger partial charge in [0, 0.05) is 21.9 Å². The molecule has 21 heavy (non-hydrogen) atoms. The normalized spacial score (nSPS) is 10.5. The van der Waals surface area contributed by atoms with Gasteiger partial charge >= 0.3 is 0 Å². The predicted molar refractivity (Wildman–Crippen MR) is 91.7 cm³/mol. The van der Waals surface area contributed by atoms with Crippen LogP contribution in [0.1, 0.15) is 13.8 Å². The van der Waals surface area contributed by atoms with Crippen molar-refractivity contribution in [2.45, 2.75) is 19.9 Å². The third-order valence-electron chi connectivity index (χ3n) is 3.11. The van der Waals surface area contributed by atoms with Crippen molar-refractivity contribution in [3.8, 4) is 0 Å². The fourth-order valence-corrected chi connectivity index (χ4v) is 2.41. The van der Waals surface area contributed by atoms with E-state index in [1.54, 1.807) is 0 Å². The fraction of sp³-hybridized carbons (Fsp3) is 0.235. The Balaban J connectivity index is 2.04. The third kappa shape index (κ3) is 4.33. The molecule has 2 rings (SSSR count). The Bertz CT molecular complexity index is 581. The first-order chi connectivity index (χ1) is 10.1. The lowest BCUT2D eigenvalue weighted by atomic mass is 10.2. The number of carbonyl (C=O) groups is 1. The minimum absolute atomic E-state index is 0.0547. The molecule has 0 saturated heterocycles. The van der Waals surface area contributed by atoms with Gasteiger partial charge in [-0.3, -0.25) is 4.79 Å². The molecule has 2 aromatic carbocycles. The van der Waals surface area contributed by atoms with Crippen molar-refractivity contribution in [2.75, 3.05) is 16.8 Å². The molecule has 0 aromatic heterocycles. The Labute approximate surface area is 134 Å². The van der Waals surface area contributed by atoms with Crippen molar-refractivity contribution < 1.29 is 4.79 Å². The zero-order valence-electron chi connectivity index (χ0n) is 12.2. The number of anilines is 2. The average Bonchev–Trinajstić information content (AvgIpc) is 2.47. The molecule has 4 heteroatoms. The van der Waals surface area contributed by atoms with E-state index in [4.69, 9.17) is 0 Å². The van der Waals surface area contributed by atoms with Crippen molar-refractivity contribution in [3.05, 3.63) is 59.1 Å². The molecule has 0 aliphatic rings. The highest BCUT2D eigenvalue weighted by Gasteiger charge is 2.18. The zero-order valence-corrected chi connectivity index (χ0v) is 13.8. The predicted octanol–water partition coefficient (Wildman–Crippen LogP) is 4.30. The molecule has 0 atom stereocenters. The third-order valence-corrected chi connectivity index (χ3v) is 3.64. The molecular weight excluding hydrogens is 328 g/mol. The van der Waals surface area contributed by atoms with Crippen LogP contribution >= 0.6 is 15.9 Å². The van der Waals surface area contributed by atoms with Gasteiger partial charge in [-0.25, -0.2) is 0 Å². The van der Waals surface area contributed by atoms with E-state index >= 15 is 0 Å². The van der Waals surface area contributed by atoms with Gasteiger partial charge in [-0.05, 0) is 50.2 Å². The van der Waals surface area contributed by atoms with E-state index in [1.807, 2.05) is 73.3 Å². The molecule has 0 spiro atoms. The molecule has 0 heterocycles. The average molecular weight is 347 g/mol. The molecule has 0 unspecified atom stereocenters. The molecule has 0 aliphatic heterocycles. The van der Waals surface area contributed by atoms with Gasteiger partial charge in [0.2, 0.25) is 5.91 Å². The van der Waals surface area contributed by atoms with Gasteiger partial charge in [-0.15, -0.1) is 0 Å². The van der Waals surface area contributed by atoms with E-state index in [0.717, 1.165) is 15.8 Å². The number of amides is 1. The number of rotatable bonds is 5. The van der Waals surface area contributed by atoms with Gasteiger partial charge in [0.1, 0.15) is 0 Å². The van der Waals surface area contributed by atoms with E-state index < -0.39 is 0 Å². The Kier molecular flexibility index (Phi) is 5.39. The van der Waals surface area contributed by atoms with Crippen LogP contribution in [0.3, 0.4) is 0 Å². The van der Waals surface area contributed by atoms with Crippen LogP contribution in [0.4, 0.5) is 11.4 Å². The number of halogens is 1. The number of carbonyl (C=O) groups excluding carboxylic acids is 1. The summed E-state index contributed by atoms with van der Waals surface area (Å²) in [6, 6.07) is 17.7. The molecule has 1 N–H and O–H groups in total. The number of nitrogens with zero attached hydrogens (tertiary/aromatic N) is 1. The maximum Gasteiger partial charge on any atom is 0.246 e. The molecule has 1 amide bonds. The van der Waals surface area contributed by atoms with Crippen LogP contribution < -0.4 is 10.2 Å². The Morgan fingerprint density at radius 2 is 1.71 bits per heavy atom. The van der Waals surface area contributed by atoms with Crippen LogP contribution in [0, 0.1) is 0 Å². The Hall–Kier alpha value is -1.81. The molecule has 0 fully saturated rings. The number of hydrogen-bond donors (Lipinski definition) is 1. The summed E-state index contributed by atoms with van der Waals surface area (Å²) in [6.45, 7) is 4.31. The van der Waals surface area contributed by atoms with Crippen molar-refractivity contribution >= 4 is 33.2 Å². The van der Waals surface area contributed by atoms with Gasteiger partial charge in [-0.2, -0.15) is 0 Å². The number of nitrogens with one attached hydrogen (secondary N) is 1. The molecule has 3 nitrogen and oxygen atoms in total. The number of benzene rings is 2. The Morgan fingerprint density at radius 3 is 2.29 bits per heavy atom. The Morgan fingerprint density at radius 1 is 1.10 bits per heavy atom. The second-order valence-corrected chi connectivity index (χ2v) is 5.97. The van der Waals surface area contributed by atoms with E-state index in [0.29, 0.717) is 0 Å². The van der Waals surface area contributed by atoms with E-state index in [1.165, 1.54) is 0 Å². The number of hydrogen-bond acceptors (Lipinski definition) is 2. The maximum atomic E-state index is 12.5. The summed E-state index contributed by atoms with van der Waals surface area (Å²) in [6.07, 6.45) is 0. The van der Waals surface area contributed by atoms with Crippen LogP contribution in [0.15, 0.2) is 59.1 Å². The summed E-state index contributed by atoms with van der Waals surface area (Å²) in [5.41, 5.74) is 1.86. The highest BCUT2D eigenvalue weighted by atomic mass is 79.9. The lowest BCUT2D eigenvalue weighted by Gasteiger charge is -2.27. The summed E-state index contributed by atoms with van der Waals surface area (Å²) >= 11 is 3.40. The molecule has 0 bridgehead atoms. The van der Waals surface area contributed by atoms with Crippen LogP contribution in [0.5, 0.6) is 0 Å². The zero-order chi connectivity index (χ0) is 15.2. The van der Waals surface area contributed by atoms with Gasteiger partial charge in [-0.1, -0.05) is 34.1 Å². The van der Waals surface area contributed by atoms with E-state index in [-0.39, 0.29) is 18.5 Å². The second-order valence-electron chi connectivity index (χ2n) is 5.05. The van der Waals surface area contributed by atoms with Gasteiger partial charge in [0.25, 0.3) is 0 Å².